The van der Waals surface area contributed by atoms with Crippen LogP contribution < -0.4 is 16.4 Å². The van der Waals surface area contributed by atoms with Crippen molar-refractivity contribution in [2.24, 2.45) is 5.73 Å². The molecule has 4 rings (SSSR count). The number of fused-ring (bicyclic) bond motifs is 2. The molecule has 0 unspecified atom stereocenters. The van der Waals surface area contributed by atoms with E-state index < -0.39 is 5.91 Å². The van der Waals surface area contributed by atoms with Crippen molar-refractivity contribution in [3.63, 3.8) is 0 Å². The highest BCUT2D eigenvalue weighted by Gasteiger charge is 2.24. The first kappa shape index (κ1) is 20.0. The molecule has 0 saturated carbocycles. The minimum atomic E-state index is -0.472. The number of carbonyl (C=O) groups excluding carboxylic acids is 2. The van der Waals surface area contributed by atoms with Crippen LogP contribution in [-0.4, -0.2) is 16.9 Å². The molecule has 0 radical (unpaired) electrons. The summed E-state index contributed by atoms with van der Waals surface area (Å²) in [5.41, 5.74) is 7.66. The molecule has 4 N–H and O–H groups in total. The highest BCUT2D eigenvalue weighted by atomic mass is 79.9. The predicted octanol–water partition coefficient (Wildman–Crippen LogP) is 4.77. The molecule has 0 aliphatic heterocycles. The fourth-order valence-corrected chi connectivity index (χ4v) is 5.75. The van der Waals surface area contributed by atoms with Crippen LogP contribution in [0.5, 0.6) is 0 Å². The molecule has 5 nitrogen and oxygen atoms in total. The fraction of sp³-hybridized carbons (Fsp3) is 0.190. The lowest BCUT2D eigenvalue weighted by Gasteiger charge is -2.12. The van der Waals surface area contributed by atoms with Crippen LogP contribution in [0.1, 0.15) is 44.0 Å². The number of halogens is 1. The van der Waals surface area contributed by atoms with Crippen LogP contribution in [0.2, 0.25) is 0 Å². The van der Waals surface area contributed by atoms with Crippen LogP contribution in [0.4, 0.5) is 5.00 Å². The van der Waals surface area contributed by atoms with E-state index in [9.17, 15) is 9.59 Å². The van der Waals surface area contributed by atoms with Crippen molar-refractivity contribution in [1.29, 1.82) is 0 Å². The first-order valence-corrected chi connectivity index (χ1v) is 11.2. The molecule has 8 heteroatoms. The number of thiocarbonyl (C=S) groups is 1. The van der Waals surface area contributed by atoms with Gasteiger partial charge >= 0.3 is 0 Å². The molecule has 2 amide bonds. The van der Waals surface area contributed by atoms with Crippen molar-refractivity contribution < 1.29 is 9.59 Å². The minimum absolute atomic E-state index is 0.142. The number of carbonyl (C=O) groups is 2. The summed E-state index contributed by atoms with van der Waals surface area (Å²) in [6, 6.07) is 11.2. The fourth-order valence-electron chi connectivity index (χ4n) is 3.69. The third-order valence-corrected chi connectivity index (χ3v) is 7.09. The van der Waals surface area contributed by atoms with E-state index in [4.69, 9.17) is 18.0 Å². The van der Waals surface area contributed by atoms with Crippen LogP contribution in [0.15, 0.2) is 40.9 Å². The summed E-state index contributed by atoms with van der Waals surface area (Å²) in [4.78, 5) is 26.0. The first-order chi connectivity index (χ1) is 14.0. The molecule has 3 aromatic rings. The number of aryl methyl sites for hydroxylation is 1. The lowest BCUT2D eigenvalue weighted by atomic mass is 9.95. The van der Waals surface area contributed by atoms with Crippen LogP contribution in [0.3, 0.4) is 0 Å². The molecule has 0 saturated heterocycles. The van der Waals surface area contributed by atoms with Gasteiger partial charge in [-0.05, 0) is 66.4 Å². The zero-order chi connectivity index (χ0) is 20.5. The van der Waals surface area contributed by atoms with Gasteiger partial charge in [0.1, 0.15) is 5.00 Å². The summed E-state index contributed by atoms with van der Waals surface area (Å²) in [7, 11) is 0. The quantitative estimate of drug-likeness (QED) is 0.464. The van der Waals surface area contributed by atoms with Crippen LogP contribution in [-0.2, 0) is 12.8 Å². The summed E-state index contributed by atoms with van der Waals surface area (Å²) in [6.07, 6.45) is 3.92. The van der Waals surface area contributed by atoms with Gasteiger partial charge in [0.15, 0.2) is 5.11 Å². The van der Waals surface area contributed by atoms with Gasteiger partial charge in [0.05, 0.1) is 5.56 Å². The van der Waals surface area contributed by atoms with Gasteiger partial charge < -0.3 is 11.1 Å². The number of nitrogens with two attached hydrogens (primary N) is 1. The van der Waals surface area contributed by atoms with E-state index in [1.807, 2.05) is 30.3 Å². The minimum Gasteiger partial charge on any atom is -0.365 e. The maximum absolute atomic E-state index is 12.8. The monoisotopic (exact) mass is 487 g/mol. The normalized spacial score (nSPS) is 13.0. The summed E-state index contributed by atoms with van der Waals surface area (Å²) in [5, 5.41) is 8.26. The average Bonchev–Trinajstić information content (AvgIpc) is 3.05. The molecule has 2 aromatic carbocycles. The number of rotatable bonds is 3. The van der Waals surface area contributed by atoms with E-state index in [1.54, 1.807) is 6.07 Å². The van der Waals surface area contributed by atoms with E-state index in [-0.39, 0.29) is 11.0 Å². The largest absolute Gasteiger partial charge is 0.365 e. The Morgan fingerprint density at radius 3 is 2.59 bits per heavy atom. The van der Waals surface area contributed by atoms with Crippen molar-refractivity contribution in [2.75, 3.05) is 5.32 Å². The second kappa shape index (κ2) is 8.22. The molecular weight excluding hydrogens is 470 g/mol. The van der Waals surface area contributed by atoms with Gasteiger partial charge in [-0.1, -0.05) is 40.2 Å². The van der Waals surface area contributed by atoms with Crippen LogP contribution in [0, 0.1) is 0 Å². The number of hydrogen-bond donors (Lipinski definition) is 3. The summed E-state index contributed by atoms with van der Waals surface area (Å²) in [5.74, 6) is -0.784. The lowest BCUT2D eigenvalue weighted by molar-refractivity contribution is 0.0977. The summed E-state index contributed by atoms with van der Waals surface area (Å²) in [6.45, 7) is 0. The van der Waals surface area contributed by atoms with Crippen molar-refractivity contribution in [3.05, 3.63) is 62.4 Å². The smallest absolute Gasteiger partial charge is 0.258 e. The second-order valence-electron chi connectivity index (χ2n) is 6.83. The highest BCUT2D eigenvalue weighted by Crippen LogP contribution is 2.37. The van der Waals surface area contributed by atoms with Crippen LogP contribution >= 0.6 is 39.5 Å². The Morgan fingerprint density at radius 2 is 1.79 bits per heavy atom. The number of thiophene rings is 1. The highest BCUT2D eigenvalue weighted by molar-refractivity contribution is 9.10. The number of anilines is 1. The first-order valence-electron chi connectivity index (χ1n) is 9.19. The molecule has 0 spiro atoms. The molecule has 148 valence electrons. The van der Waals surface area contributed by atoms with Gasteiger partial charge in [0.2, 0.25) is 0 Å². The molecule has 0 bridgehead atoms. The molecule has 1 aliphatic rings. The van der Waals surface area contributed by atoms with E-state index >= 15 is 0 Å². The molecular formula is C21H18BrN3O2S2. The van der Waals surface area contributed by atoms with Crippen molar-refractivity contribution in [1.82, 2.24) is 5.32 Å². The SMILES string of the molecule is NC(=O)c1c(NC(=S)NC(=O)c2cccc3c(Br)cccc23)sc2c1CCCC2. The van der Waals surface area contributed by atoms with Crippen LogP contribution in [0.25, 0.3) is 10.8 Å². The molecule has 0 atom stereocenters. The Labute approximate surface area is 185 Å². The van der Waals surface area contributed by atoms with E-state index in [0.29, 0.717) is 16.1 Å². The Kier molecular flexibility index (Phi) is 5.67. The Morgan fingerprint density at radius 1 is 1.07 bits per heavy atom. The second-order valence-corrected chi connectivity index (χ2v) is 9.20. The van der Waals surface area contributed by atoms with Gasteiger partial charge in [-0.25, -0.2) is 0 Å². The molecule has 29 heavy (non-hydrogen) atoms. The molecule has 1 heterocycles. The molecule has 1 aliphatic carbocycles. The zero-order valence-electron chi connectivity index (χ0n) is 15.4. The van der Waals surface area contributed by atoms with Gasteiger partial charge in [0.25, 0.3) is 11.8 Å². The van der Waals surface area contributed by atoms with E-state index in [2.05, 4.69) is 26.6 Å². The standard InChI is InChI=1S/C21H18BrN3O2S2/c22-15-9-4-6-11-12(15)7-3-8-13(11)19(27)24-21(28)25-20-17(18(23)26)14-5-1-2-10-16(14)29-20/h3-4,6-9H,1-2,5,10H2,(H2,23,26)(H2,24,25,27,28). The number of nitrogens with one attached hydrogen (secondary N) is 2. The number of benzene rings is 2. The number of hydrogen-bond acceptors (Lipinski definition) is 4. The molecule has 1 aromatic heterocycles. The topological polar surface area (TPSA) is 84.2 Å². The average molecular weight is 488 g/mol. The predicted molar refractivity (Wildman–Crippen MR) is 125 cm³/mol. The van der Waals surface area contributed by atoms with Crippen molar-refractivity contribution in [3.8, 4) is 0 Å². The van der Waals surface area contributed by atoms with E-state index in [1.165, 1.54) is 16.2 Å². The summed E-state index contributed by atoms with van der Waals surface area (Å²) >= 11 is 10.4. The third kappa shape index (κ3) is 3.92. The van der Waals surface area contributed by atoms with Gasteiger partial charge in [-0.2, -0.15) is 0 Å². The van der Waals surface area contributed by atoms with E-state index in [0.717, 1.165) is 46.5 Å². The maximum atomic E-state index is 12.8. The van der Waals surface area contributed by atoms with Gasteiger partial charge in [-0.3, -0.25) is 14.9 Å². The third-order valence-electron chi connectivity index (χ3n) is 4.99. The summed E-state index contributed by atoms with van der Waals surface area (Å²) < 4.78 is 0.917. The van der Waals surface area contributed by atoms with Gasteiger partial charge in [-0.15, -0.1) is 11.3 Å². The Hall–Kier alpha value is -2.29. The lowest BCUT2D eigenvalue weighted by Crippen LogP contribution is -2.34. The Balaban J connectivity index is 1.57. The van der Waals surface area contributed by atoms with Gasteiger partial charge in [0, 0.05) is 14.9 Å². The maximum Gasteiger partial charge on any atom is 0.258 e. The Bertz CT molecular complexity index is 1160. The number of amides is 2. The zero-order valence-corrected chi connectivity index (χ0v) is 18.6. The molecule has 0 fully saturated rings. The van der Waals surface area contributed by atoms with Crippen molar-refractivity contribution in [2.45, 2.75) is 25.7 Å². The van der Waals surface area contributed by atoms with Crippen molar-refractivity contribution >= 4 is 72.2 Å². The number of primary amides is 1.